The zero-order valence-corrected chi connectivity index (χ0v) is 13.1. The Morgan fingerprint density at radius 1 is 1.21 bits per heavy atom. The highest BCUT2D eigenvalue weighted by Crippen LogP contribution is 2.33. The number of nitrogens with zero attached hydrogens (tertiary/aromatic N) is 2. The summed E-state index contributed by atoms with van der Waals surface area (Å²) >= 11 is 0. The summed E-state index contributed by atoms with van der Waals surface area (Å²) in [4.78, 5) is 28.1. The fourth-order valence-corrected chi connectivity index (χ4v) is 3.46. The van der Waals surface area contributed by atoms with Crippen molar-refractivity contribution in [3.05, 3.63) is 35.4 Å². The number of amides is 2. The standard InChI is InChI=1S/C17H18F2N2O3/c18-12-4-3-11(5-13(12)19)17(23)20-7-14-15(8-20)24-9-16(22)21(14)6-10-1-2-10/h3-5,10,14-15H,1-2,6-9H2/t14-,15-/m1/s1. The van der Waals surface area contributed by atoms with Crippen LogP contribution < -0.4 is 0 Å². The predicted octanol–water partition coefficient (Wildman–Crippen LogP) is 1.43. The highest BCUT2D eigenvalue weighted by Gasteiger charge is 2.45. The fraction of sp³-hybridized carbons (Fsp3) is 0.529. The number of carbonyl (C=O) groups excluding carboxylic acids is 2. The van der Waals surface area contributed by atoms with E-state index < -0.39 is 11.6 Å². The molecule has 1 aliphatic carbocycles. The molecule has 4 rings (SSSR count). The smallest absolute Gasteiger partial charge is 0.254 e. The molecule has 0 aromatic heterocycles. The maximum absolute atomic E-state index is 13.4. The van der Waals surface area contributed by atoms with Crippen LogP contribution in [0.3, 0.4) is 0 Å². The first kappa shape index (κ1) is 15.5. The van der Waals surface area contributed by atoms with Crippen molar-refractivity contribution in [1.29, 1.82) is 0 Å². The summed E-state index contributed by atoms with van der Waals surface area (Å²) in [5.41, 5.74) is 0.104. The van der Waals surface area contributed by atoms with E-state index in [1.807, 2.05) is 4.90 Å². The molecule has 2 saturated heterocycles. The van der Waals surface area contributed by atoms with E-state index in [-0.39, 0.29) is 36.1 Å². The van der Waals surface area contributed by atoms with Gasteiger partial charge in [-0.3, -0.25) is 9.59 Å². The van der Waals surface area contributed by atoms with Gasteiger partial charge in [-0.2, -0.15) is 0 Å². The van der Waals surface area contributed by atoms with E-state index in [0.29, 0.717) is 19.0 Å². The largest absolute Gasteiger partial charge is 0.364 e. The average Bonchev–Trinajstić information content (AvgIpc) is 3.28. The molecule has 0 unspecified atom stereocenters. The van der Waals surface area contributed by atoms with Gasteiger partial charge in [0.2, 0.25) is 5.91 Å². The molecule has 0 spiro atoms. The number of hydrogen-bond donors (Lipinski definition) is 0. The number of carbonyl (C=O) groups is 2. The molecule has 2 amide bonds. The Balaban J connectivity index is 1.50. The van der Waals surface area contributed by atoms with E-state index in [0.717, 1.165) is 31.5 Å². The molecule has 2 aliphatic heterocycles. The van der Waals surface area contributed by atoms with E-state index in [9.17, 15) is 18.4 Å². The normalized spacial score (nSPS) is 26.7. The Labute approximate surface area is 138 Å². The molecule has 3 aliphatic rings. The van der Waals surface area contributed by atoms with E-state index in [2.05, 4.69) is 0 Å². The maximum atomic E-state index is 13.4. The molecule has 1 aromatic rings. The third-order valence-corrected chi connectivity index (χ3v) is 4.98. The second-order valence-corrected chi connectivity index (χ2v) is 6.75. The van der Waals surface area contributed by atoms with E-state index in [1.54, 1.807) is 4.90 Å². The van der Waals surface area contributed by atoms with Gasteiger partial charge in [0.05, 0.1) is 12.1 Å². The maximum Gasteiger partial charge on any atom is 0.254 e. The Kier molecular flexibility index (Phi) is 3.75. The van der Waals surface area contributed by atoms with Gasteiger partial charge < -0.3 is 14.5 Å². The van der Waals surface area contributed by atoms with Gasteiger partial charge in [-0.15, -0.1) is 0 Å². The van der Waals surface area contributed by atoms with Crippen molar-refractivity contribution in [3.8, 4) is 0 Å². The highest BCUT2D eigenvalue weighted by molar-refractivity contribution is 5.94. The summed E-state index contributed by atoms with van der Waals surface area (Å²) in [6.45, 7) is 1.48. The monoisotopic (exact) mass is 336 g/mol. The van der Waals surface area contributed by atoms with Crippen LogP contribution in [0.15, 0.2) is 18.2 Å². The lowest BCUT2D eigenvalue weighted by atomic mass is 10.1. The molecule has 0 radical (unpaired) electrons. The first-order valence-electron chi connectivity index (χ1n) is 8.18. The molecule has 5 nitrogen and oxygen atoms in total. The molecule has 2 heterocycles. The molecule has 3 fully saturated rings. The minimum atomic E-state index is -1.04. The Bertz CT molecular complexity index is 692. The molecule has 128 valence electrons. The zero-order valence-electron chi connectivity index (χ0n) is 13.1. The summed E-state index contributed by atoms with van der Waals surface area (Å²) in [5.74, 6) is -1.87. The molecule has 1 aromatic carbocycles. The third-order valence-electron chi connectivity index (χ3n) is 4.98. The number of halogens is 2. The first-order chi connectivity index (χ1) is 11.5. The van der Waals surface area contributed by atoms with Crippen molar-refractivity contribution in [3.63, 3.8) is 0 Å². The van der Waals surface area contributed by atoms with Gasteiger partial charge in [-0.25, -0.2) is 8.78 Å². The zero-order chi connectivity index (χ0) is 16.8. The molecule has 24 heavy (non-hydrogen) atoms. The van der Waals surface area contributed by atoms with E-state index in [4.69, 9.17) is 4.74 Å². The molecule has 2 atom stereocenters. The van der Waals surface area contributed by atoms with Crippen LogP contribution in [-0.4, -0.2) is 60.0 Å². The topological polar surface area (TPSA) is 49.9 Å². The van der Waals surface area contributed by atoms with Gasteiger partial charge in [-0.05, 0) is 37.0 Å². The fourth-order valence-electron chi connectivity index (χ4n) is 3.46. The molecular weight excluding hydrogens is 318 g/mol. The van der Waals surface area contributed by atoms with Gasteiger partial charge in [0, 0.05) is 25.2 Å². The lowest BCUT2D eigenvalue weighted by molar-refractivity contribution is -0.153. The Morgan fingerprint density at radius 3 is 2.71 bits per heavy atom. The number of benzene rings is 1. The molecule has 0 N–H and O–H groups in total. The van der Waals surface area contributed by atoms with Crippen LogP contribution >= 0.6 is 0 Å². The van der Waals surface area contributed by atoms with Crippen LogP contribution in [0.4, 0.5) is 8.78 Å². The number of hydrogen-bond acceptors (Lipinski definition) is 3. The van der Waals surface area contributed by atoms with Crippen LogP contribution in [0, 0.1) is 17.6 Å². The molecule has 0 bridgehead atoms. The predicted molar refractivity (Wildman–Crippen MR) is 80.2 cm³/mol. The van der Waals surface area contributed by atoms with Crippen molar-refractivity contribution in [2.75, 3.05) is 26.2 Å². The SMILES string of the molecule is O=C(c1ccc(F)c(F)c1)N1C[C@@H]2[C@@H](C1)OCC(=O)N2CC1CC1. The Hall–Kier alpha value is -2.02. The first-order valence-corrected chi connectivity index (χ1v) is 8.18. The van der Waals surface area contributed by atoms with Crippen LogP contribution in [0.25, 0.3) is 0 Å². The summed E-state index contributed by atoms with van der Waals surface area (Å²) in [6, 6.07) is 2.98. The van der Waals surface area contributed by atoms with Crippen LogP contribution in [-0.2, 0) is 9.53 Å². The van der Waals surface area contributed by atoms with Crippen molar-refractivity contribution < 1.29 is 23.1 Å². The van der Waals surface area contributed by atoms with Gasteiger partial charge >= 0.3 is 0 Å². The minimum Gasteiger partial charge on any atom is -0.364 e. The van der Waals surface area contributed by atoms with E-state index in [1.165, 1.54) is 6.07 Å². The average molecular weight is 336 g/mol. The van der Waals surface area contributed by atoms with Gasteiger partial charge in [-0.1, -0.05) is 0 Å². The molecule has 1 saturated carbocycles. The molecule has 7 heteroatoms. The van der Waals surface area contributed by atoms with Crippen molar-refractivity contribution in [2.24, 2.45) is 5.92 Å². The van der Waals surface area contributed by atoms with Crippen LogP contribution in [0.1, 0.15) is 23.2 Å². The van der Waals surface area contributed by atoms with Gasteiger partial charge in [0.1, 0.15) is 6.61 Å². The highest BCUT2D eigenvalue weighted by atomic mass is 19.2. The van der Waals surface area contributed by atoms with Crippen LogP contribution in [0.5, 0.6) is 0 Å². The summed E-state index contributed by atoms with van der Waals surface area (Å²) < 4.78 is 32.0. The van der Waals surface area contributed by atoms with Crippen LogP contribution in [0.2, 0.25) is 0 Å². The Morgan fingerprint density at radius 2 is 2.00 bits per heavy atom. The summed E-state index contributed by atoms with van der Waals surface area (Å²) in [5, 5.41) is 0. The molecular formula is C17H18F2N2O3. The number of ether oxygens (including phenoxy) is 1. The van der Waals surface area contributed by atoms with Gasteiger partial charge in [0.25, 0.3) is 5.91 Å². The third kappa shape index (κ3) is 2.77. The summed E-state index contributed by atoms with van der Waals surface area (Å²) in [6.07, 6.45) is 2.06. The summed E-state index contributed by atoms with van der Waals surface area (Å²) in [7, 11) is 0. The second kappa shape index (κ2) is 5.81. The van der Waals surface area contributed by atoms with Crippen molar-refractivity contribution in [1.82, 2.24) is 9.80 Å². The van der Waals surface area contributed by atoms with E-state index >= 15 is 0 Å². The number of likely N-dealkylation sites (tertiary alicyclic amines) is 1. The number of fused-ring (bicyclic) bond motifs is 1. The number of morpholine rings is 1. The quantitative estimate of drug-likeness (QED) is 0.839. The second-order valence-electron chi connectivity index (χ2n) is 6.75. The lowest BCUT2D eigenvalue weighted by Gasteiger charge is -2.36. The van der Waals surface area contributed by atoms with Gasteiger partial charge in [0.15, 0.2) is 11.6 Å². The lowest BCUT2D eigenvalue weighted by Crippen LogP contribution is -2.54. The van der Waals surface area contributed by atoms with Crippen molar-refractivity contribution in [2.45, 2.75) is 25.0 Å². The number of rotatable bonds is 3. The minimum absolute atomic E-state index is 0.0368. The van der Waals surface area contributed by atoms with Crippen molar-refractivity contribution >= 4 is 11.8 Å².